The van der Waals surface area contributed by atoms with E-state index in [4.69, 9.17) is 4.98 Å². The van der Waals surface area contributed by atoms with Crippen LogP contribution in [-0.2, 0) is 11.3 Å². The summed E-state index contributed by atoms with van der Waals surface area (Å²) in [6, 6.07) is 6.38. The molecule has 2 aromatic heterocycles. The Morgan fingerprint density at radius 1 is 1.25 bits per heavy atom. The van der Waals surface area contributed by atoms with Crippen molar-refractivity contribution in [3.63, 3.8) is 0 Å². The van der Waals surface area contributed by atoms with Crippen LogP contribution in [0.1, 0.15) is 25.7 Å². The first kappa shape index (κ1) is 18.8. The van der Waals surface area contributed by atoms with Crippen LogP contribution in [-0.4, -0.2) is 27.5 Å². The molecule has 5 nitrogen and oxygen atoms in total. The lowest BCUT2D eigenvalue weighted by Crippen LogP contribution is -2.31. The molecule has 4 rings (SSSR count). The average molecular weight is 399 g/mol. The van der Waals surface area contributed by atoms with Gasteiger partial charge < -0.3 is 9.88 Å². The van der Waals surface area contributed by atoms with E-state index >= 15 is 0 Å². The van der Waals surface area contributed by atoms with E-state index in [0.29, 0.717) is 5.92 Å². The van der Waals surface area contributed by atoms with Gasteiger partial charge in [-0.15, -0.1) is 11.3 Å². The predicted molar refractivity (Wildman–Crippen MR) is 108 cm³/mol. The summed E-state index contributed by atoms with van der Waals surface area (Å²) in [5.74, 6) is 1.48. The number of nitrogens with zero attached hydrogens (tertiary/aromatic N) is 3. The Kier molecular flexibility index (Phi) is 5.52. The monoisotopic (exact) mass is 398 g/mol. The van der Waals surface area contributed by atoms with Gasteiger partial charge in [-0.05, 0) is 55.9 Å². The minimum atomic E-state index is -0.249. The average Bonchev–Trinajstić information content (AvgIpc) is 3.38. The van der Waals surface area contributed by atoms with Crippen LogP contribution >= 0.6 is 11.3 Å². The molecule has 0 spiro atoms. The van der Waals surface area contributed by atoms with Crippen LogP contribution in [0.25, 0.3) is 22.1 Å². The van der Waals surface area contributed by atoms with E-state index in [2.05, 4.69) is 14.9 Å². The quantitative estimate of drug-likeness (QED) is 0.694. The maximum atomic E-state index is 13.1. The summed E-state index contributed by atoms with van der Waals surface area (Å²) in [7, 11) is 1.71. The molecule has 1 N–H and O–H groups in total. The summed E-state index contributed by atoms with van der Waals surface area (Å²) in [5.41, 5.74) is 1.73. The first-order chi connectivity index (χ1) is 13.6. The molecular weight excluding hydrogens is 375 g/mol. The number of carbonyl (C=O) groups excluding carboxylic acids is 1. The van der Waals surface area contributed by atoms with Crippen LogP contribution in [0.2, 0.25) is 0 Å². The minimum absolute atomic E-state index is 0.153. The lowest BCUT2D eigenvalue weighted by molar-refractivity contribution is -0.125. The number of aromatic nitrogens is 3. The molecular formula is C21H23FN4OS. The van der Waals surface area contributed by atoms with Gasteiger partial charge in [0.1, 0.15) is 5.82 Å². The number of carbonyl (C=O) groups is 1. The summed E-state index contributed by atoms with van der Waals surface area (Å²) in [6.45, 7) is 0.890. The summed E-state index contributed by atoms with van der Waals surface area (Å²) in [4.78, 5) is 21.0. The Labute approximate surface area is 167 Å². The molecule has 0 radical (unpaired) electrons. The van der Waals surface area contributed by atoms with Crippen LogP contribution < -0.4 is 5.32 Å². The third kappa shape index (κ3) is 3.99. The topological polar surface area (TPSA) is 59.8 Å². The second-order valence-electron chi connectivity index (χ2n) is 7.28. The molecule has 1 amide bonds. The second kappa shape index (κ2) is 8.22. The highest BCUT2D eigenvalue weighted by Gasteiger charge is 2.26. The smallest absolute Gasteiger partial charge is 0.222 e. The Hall–Kier alpha value is -2.54. The molecule has 0 unspecified atom stereocenters. The maximum absolute atomic E-state index is 13.1. The van der Waals surface area contributed by atoms with Gasteiger partial charge in [-0.3, -0.25) is 4.79 Å². The van der Waals surface area contributed by atoms with Gasteiger partial charge in [0.15, 0.2) is 10.8 Å². The summed E-state index contributed by atoms with van der Waals surface area (Å²) in [6.07, 6.45) is 7.80. The van der Waals surface area contributed by atoms with Crippen molar-refractivity contribution >= 4 is 17.2 Å². The van der Waals surface area contributed by atoms with E-state index in [-0.39, 0.29) is 17.6 Å². The molecule has 1 aliphatic rings. The first-order valence-electron chi connectivity index (χ1n) is 9.58. The van der Waals surface area contributed by atoms with Crippen molar-refractivity contribution in [1.82, 2.24) is 19.9 Å². The van der Waals surface area contributed by atoms with E-state index in [1.54, 1.807) is 30.5 Å². The highest BCUT2D eigenvalue weighted by molar-refractivity contribution is 7.13. The molecule has 1 saturated carbocycles. The van der Waals surface area contributed by atoms with E-state index in [1.807, 2.05) is 17.8 Å². The molecule has 146 valence electrons. The van der Waals surface area contributed by atoms with Crippen molar-refractivity contribution < 1.29 is 9.18 Å². The number of benzene rings is 1. The molecule has 0 bridgehead atoms. The van der Waals surface area contributed by atoms with Crippen LogP contribution in [0, 0.1) is 17.7 Å². The van der Waals surface area contributed by atoms with Gasteiger partial charge in [-0.2, -0.15) is 0 Å². The zero-order valence-electron chi connectivity index (χ0n) is 15.8. The van der Waals surface area contributed by atoms with Gasteiger partial charge in [0, 0.05) is 42.8 Å². The van der Waals surface area contributed by atoms with E-state index < -0.39 is 0 Å². The fourth-order valence-electron chi connectivity index (χ4n) is 3.87. The van der Waals surface area contributed by atoms with Crippen LogP contribution in [0.5, 0.6) is 0 Å². The minimum Gasteiger partial charge on any atom is -0.359 e. The van der Waals surface area contributed by atoms with Crippen molar-refractivity contribution in [2.75, 3.05) is 7.05 Å². The third-order valence-electron chi connectivity index (χ3n) is 5.47. The van der Waals surface area contributed by atoms with Gasteiger partial charge in [-0.25, -0.2) is 14.4 Å². The number of imidazole rings is 1. The standard InChI is InChI=1S/C21H23FN4OS/c1-23-20(27)16-4-2-14(3-5-16)12-26-11-10-24-19(26)21-25-18(13-28-21)15-6-8-17(22)9-7-15/h6-11,13-14,16H,2-5,12H2,1H3,(H,23,27). The van der Waals surface area contributed by atoms with Crippen LogP contribution in [0.3, 0.4) is 0 Å². The molecule has 0 aliphatic heterocycles. The number of rotatable bonds is 5. The van der Waals surface area contributed by atoms with Gasteiger partial charge in [-0.1, -0.05) is 0 Å². The molecule has 0 atom stereocenters. The van der Waals surface area contributed by atoms with Crippen LogP contribution in [0.15, 0.2) is 42.0 Å². The lowest BCUT2D eigenvalue weighted by Gasteiger charge is -2.27. The fourth-order valence-corrected chi connectivity index (χ4v) is 4.71. The third-order valence-corrected chi connectivity index (χ3v) is 6.31. The highest BCUT2D eigenvalue weighted by atomic mass is 32.1. The summed E-state index contributed by atoms with van der Waals surface area (Å²) in [5, 5.41) is 5.61. The molecule has 1 aliphatic carbocycles. The van der Waals surface area contributed by atoms with Gasteiger partial charge in [0.05, 0.1) is 5.69 Å². The molecule has 0 saturated heterocycles. The Balaban J connectivity index is 1.45. The van der Waals surface area contributed by atoms with Crippen molar-refractivity contribution in [3.05, 3.63) is 47.9 Å². The normalized spacial score (nSPS) is 19.5. The number of halogens is 1. The molecule has 2 heterocycles. The van der Waals surface area contributed by atoms with Crippen molar-refractivity contribution in [2.45, 2.75) is 32.2 Å². The molecule has 28 heavy (non-hydrogen) atoms. The van der Waals surface area contributed by atoms with Crippen molar-refractivity contribution in [2.24, 2.45) is 11.8 Å². The summed E-state index contributed by atoms with van der Waals surface area (Å²) < 4.78 is 15.3. The van der Waals surface area contributed by atoms with Gasteiger partial charge in [0.2, 0.25) is 5.91 Å². The second-order valence-corrected chi connectivity index (χ2v) is 8.14. The predicted octanol–water partition coefficient (Wildman–Crippen LogP) is 4.37. The Bertz CT molecular complexity index is 941. The Morgan fingerprint density at radius 2 is 2.00 bits per heavy atom. The van der Waals surface area contributed by atoms with Crippen molar-refractivity contribution in [1.29, 1.82) is 0 Å². The fraction of sp³-hybridized carbons (Fsp3) is 0.381. The molecule has 1 fully saturated rings. The number of hydrogen-bond acceptors (Lipinski definition) is 4. The highest BCUT2D eigenvalue weighted by Crippen LogP contribution is 2.32. The maximum Gasteiger partial charge on any atom is 0.222 e. The van der Waals surface area contributed by atoms with E-state index in [0.717, 1.165) is 54.3 Å². The zero-order valence-corrected chi connectivity index (χ0v) is 16.6. The molecule has 7 heteroatoms. The molecule has 1 aromatic carbocycles. The number of thiazole rings is 1. The molecule has 3 aromatic rings. The van der Waals surface area contributed by atoms with Gasteiger partial charge in [0.25, 0.3) is 0 Å². The SMILES string of the molecule is CNC(=O)C1CCC(Cn2ccnc2-c2nc(-c3ccc(F)cc3)cs2)CC1. The number of amides is 1. The van der Waals surface area contributed by atoms with Gasteiger partial charge >= 0.3 is 0 Å². The van der Waals surface area contributed by atoms with E-state index in [1.165, 1.54) is 12.1 Å². The van der Waals surface area contributed by atoms with Crippen LogP contribution in [0.4, 0.5) is 4.39 Å². The van der Waals surface area contributed by atoms with Crippen molar-refractivity contribution in [3.8, 4) is 22.1 Å². The van der Waals surface area contributed by atoms with E-state index in [9.17, 15) is 9.18 Å². The summed E-state index contributed by atoms with van der Waals surface area (Å²) >= 11 is 1.55. The number of nitrogens with one attached hydrogen (secondary N) is 1. The first-order valence-corrected chi connectivity index (χ1v) is 10.5. The Morgan fingerprint density at radius 3 is 2.71 bits per heavy atom. The lowest BCUT2D eigenvalue weighted by atomic mass is 9.81. The largest absolute Gasteiger partial charge is 0.359 e. The number of hydrogen-bond donors (Lipinski definition) is 1. The zero-order chi connectivity index (χ0) is 19.5.